The van der Waals surface area contributed by atoms with Gasteiger partial charge in [-0.3, -0.25) is 0 Å². The van der Waals surface area contributed by atoms with E-state index in [1.54, 1.807) is 6.07 Å². The summed E-state index contributed by atoms with van der Waals surface area (Å²) < 4.78 is 27.5. The molecule has 21 heavy (non-hydrogen) atoms. The maximum atomic E-state index is 12.2. The maximum absolute atomic E-state index is 12.2. The molecule has 7 heteroatoms. The highest BCUT2D eigenvalue weighted by atomic mass is 32.2. The molecule has 0 saturated carbocycles. The van der Waals surface area contributed by atoms with E-state index in [2.05, 4.69) is 14.9 Å². The van der Waals surface area contributed by atoms with Crippen LogP contribution in [-0.2, 0) is 16.4 Å². The number of nitrogens with zero attached hydrogens (tertiary/aromatic N) is 1. The monoisotopic (exact) mass is 331 g/mol. The van der Waals surface area contributed by atoms with Crippen LogP contribution in [0.4, 0.5) is 0 Å². The summed E-state index contributed by atoms with van der Waals surface area (Å²) in [4.78, 5) is 3.50. The lowest BCUT2D eigenvalue weighted by atomic mass is 10.3. The van der Waals surface area contributed by atoms with E-state index in [0.29, 0.717) is 10.8 Å². The Hall–Kier alpha value is -0.470. The molecule has 2 heterocycles. The van der Waals surface area contributed by atoms with Crippen LogP contribution in [0.25, 0.3) is 0 Å². The lowest BCUT2D eigenvalue weighted by molar-refractivity contribution is 0.334. The Morgan fingerprint density at radius 2 is 2.00 bits per heavy atom. The molecule has 1 aromatic heterocycles. The van der Waals surface area contributed by atoms with Crippen LogP contribution in [0.15, 0.2) is 16.3 Å². The third-order valence-electron chi connectivity index (χ3n) is 3.67. The number of hydrogen-bond donors (Lipinski definition) is 2. The Morgan fingerprint density at radius 3 is 2.71 bits per heavy atom. The molecular weight excluding hydrogens is 306 g/mol. The largest absolute Gasteiger partial charge is 0.319 e. The number of thiophene rings is 1. The predicted octanol–water partition coefficient (Wildman–Crippen LogP) is 1.27. The number of likely N-dealkylation sites (tertiary alicyclic amines) is 1. The summed E-state index contributed by atoms with van der Waals surface area (Å²) in [7, 11) is -1.43. The van der Waals surface area contributed by atoms with Crippen molar-refractivity contribution in [3.05, 3.63) is 17.0 Å². The minimum Gasteiger partial charge on any atom is -0.319 e. The van der Waals surface area contributed by atoms with E-state index in [1.807, 2.05) is 13.1 Å². The van der Waals surface area contributed by atoms with Crippen LogP contribution in [0.2, 0.25) is 0 Å². The van der Waals surface area contributed by atoms with Crippen molar-refractivity contribution in [2.45, 2.75) is 29.9 Å². The Kier molecular flexibility index (Phi) is 6.63. The normalized spacial score (nSPS) is 16.6. The molecule has 1 aliphatic rings. The fourth-order valence-corrected chi connectivity index (χ4v) is 4.95. The van der Waals surface area contributed by atoms with Crippen LogP contribution in [0.1, 0.15) is 24.1 Å². The van der Waals surface area contributed by atoms with Crippen molar-refractivity contribution < 1.29 is 8.42 Å². The van der Waals surface area contributed by atoms with Crippen LogP contribution in [-0.4, -0.2) is 53.1 Å². The highest BCUT2D eigenvalue weighted by Crippen LogP contribution is 2.21. The van der Waals surface area contributed by atoms with Crippen LogP contribution in [0.3, 0.4) is 0 Å². The van der Waals surface area contributed by atoms with Crippen molar-refractivity contribution in [3.8, 4) is 0 Å². The first kappa shape index (κ1) is 16.9. The topological polar surface area (TPSA) is 61.4 Å². The van der Waals surface area contributed by atoms with Gasteiger partial charge in [-0.15, -0.1) is 11.3 Å². The van der Waals surface area contributed by atoms with Crippen molar-refractivity contribution >= 4 is 21.4 Å². The fraction of sp³-hybridized carbons (Fsp3) is 0.714. The lowest BCUT2D eigenvalue weighted by Crippen LogP contribution is -2.28. The van der Waals surface area contributed by atoms with Gasteiger partial charge in [-0.2, -0.15) is 0 Å². The summed E-state index contributed by atoms with van der Waals surface area (Å²) >= 11 is 1.36. The molecule has 0 spiro atoms. The minimum absolute atomic E-state index is 0.426. The first-order valence-corrected chi connectivity index (χ1v) is 9.87. The second-order valence-electron chi connectivity index (χ2n) is 5.37. The summed E-state index contributed by atoms with van der Waals surface area (Å²) in [6.45, 7) is 4.69. The van der Waals surface area contributed by atoms with E-state index < -0.39 is 10.0 Å². The van der Waals surface area contributed by atoms with Gasteiger partial charge in [-0.1, -0.05) is 0 Å². The van der Waals surface area contributed by atoms with Gasteiger partial charge in [0.2, 0.25) is 10.0 Å². The number of nitrogens with one attached hydrogen (secondary N) is 2. The smallest absolute Gasteiger partial charge is 0.250 e. The Balaban J connectivity index is 1.76. The van der Waals surface area contributed by atoms with Gasteiger partial charge in [-0.25, -0.2) is 13.1 Å². The number of likely N-dealkylation sites (N-methyl/N-ethyl adjacent to an activating group) is 1. The third-order valence-corrected chi connectivity index (χ3v) is 6.76. The second kappa shape index (κ2) is 8.24. The summed E-state index contributed by atoms with van der Waals surface area (Å²) in [5, 5.41) is 3.07. The van der Waals surface area contributed by atoms with E-state index >= 15 is 0 Å². The van der Waals surface area contributed by atoms with Gasteiger partial charge < -0.3 is 10.2 Å². The number of sulfonamides is 1. The van der Waals surface area contributed by atoms with E-state index in [9.17, 15) is 8.42 Å². The molecule has 2 rings (SSSR count). The minimum atomic E-state index is -3.33. The molecule has 0 aliphatic carbocycles. The quantitative estimate of drug-likeness (QED) is 0.669. The average Bonchev–Trinajstić information content (AvgIpc) is 3.13. The predicted molar refractivity (Wildman–Crippen MR) is 87.4 cm³/mol. The van der Waals surface area contributed by atoms with E-state index in [0.717, 1.165) is 43.9 Å². The number of hydrogen-bond acceptors (Lipinski definition) is 5. The van der Waals surface area contributed by atoms with Gasteiger partial charge in [0.1, 0.15) is 4.21 Å². The van der Waals surface area contributed by atoms with Crippen molar-refractivity contribution in [2.24, 2.45) is 0 Å². The van der Waals surface area contributed by atoms with Gasteiger partial charge in [-0.05, 0) is 71.0 Å². The van der Waals surface area contributed by atoms with Crippen LogP contribution >= 0.6 is 11.3 Å². The van der Waals surface area contributed by atoms with Crippen LogP contribution < -0.4 is 10.0 Å². The van der Waals surface area contributed by atoms with Crippen molar-refractivity contribution in [2.75, 3.05) is 39.8 Å². The summed E-state index contributed by atoms with van der Waals surface area (Å²) in [6.07, 6.45) is 4.29. The molecule has 1 fully saturated rings. The summed E-state index contributed by atoms with van der Waals surface area (Å²) in [5.74, 6) is 0. The summed E-state index contributed by atoms with van der Waals surface area (Å²) in [6, 6.07) is 3.61. The third kappa shape index (κ3) is 5.34. The molecule has 1 saturated heterocycles. The molecule has 2 N–H and O–H groups in total. The molecular formula is C14H25N3O2S2. The molecule has 1 aliphatic heterocycles. The Bertz CT molecular complexity index is 522. The van der Waals surface area contributed by atoms with Crippen molar-refractivity contribution in [3.63, 3.8) is 0 Å². The molecule has 0 bridgehead atoms. The van der Waals surface area contributed by atoms with Gasteiger partial charge >= 0.3 is 0 Å². The van der Waals surface area contributed by atoms with Crippen molar-refractivity contribution in [1.82, 2.24) is 14.9 Å². The zero-order chi connectivity index (χ0) is 15.1. The van der Waals surface area contributed by atoms with E-state index in [-0.39, 0.29) is 0 Å². The molecule has 0 unspecified atom stereocenters. The molecule has 120 valence electrons. The molecule has 0 atom stereocenters. The van der Waals surface area contributed by atoms with Crippen molar-refractivity contribution in [1.29, 1.82) is 0 Å². The highest BCUT2D eigenvalue weighted by molar-refractivity contribution is 7.91. The van der Waals surface area contributed by atoms with E-state index in [1.165, 1.54) is 24.2 Å². The molecule has 0 radical (unpaired) electrons. The fourth-order valence-electron chi connectivity index (χ4n) is 2.47. The summed E-state index contributed by atoms with van der Waals surface area (Å²) in [5.41, 5.74) is 0. The zero-order valence-corrected chi connectivity index (χ0v) is 14.2. The van der Waals surface area contributed by atoms with Gasteiger partial charge in [0, 0.05) is 11.4 Å². The number of rotatable bonds is 9. The lowest BCUT2D eigenvalue weighted by Gasteiger charge is -2.14. The van der Waals surface area contributed by atoms with Gasteiger partial charge in [0.05, 0.1) is 0 Å². The maximum Gasteiger partial charge on any atom is 0.250 e. The van der Waals surface area contributed by atoms with E-state index in [4.69, 9.17) is 0 Å². The Morgan fingerprint density at radius 1 is 1.24 bits per heavy atom. The standard InChI is InChI=1S/C14H25N3O2S2/c1-15-9-7-13-5-6-14(20-13)21(18,19)16-8-4-12-17-10-2-3-11-17/h5-6,15-16H,2-4,7-12H2,1H3. The van der Waals surface area contributed by atoms with Crippen LogP contribution in [0, 0.1) is 0 Å². The highest BCUT2D eigenvalue weighted by Gasteiger charge is 2.16. The van der Waals surface area contributed by atoms with Gasteiger partial charge in [0.25, 0.3) is 0 Å². The van der Waals surface area contributed by atoms with Gasteiger partial charge in [0.15, 0.2) is 0 Å². The van der Waals surface area contributed by atoms with Crippen LogP contribution in [0.5, 0.6) is 0 Å². The molecule has 1 aromatic rings. The zero-order valence-electron chi connectivity index (χ0n) is 12.6. The average molecular weight is 332 g/mol. The molecule has 0 aromatic carbocycles. The first-order chi connectivity index (χ1) is 10.1. The second-order valence-corrected chi connectivity index (χ2v) is 8.54. The first-order valence-electron chi connectivity index (χ1n) is 7.57. The molecule has 0 amide bonds. The molecule has 5 nitrogen and oxygen atoms in total. The Labute approximate surface area is 131 Å². The SMILES string of the molecule is CNCCc1ccc(S(=O)(=O)NCCCN2CCCC2)s1.